The Labute approximate surface area is 138 Å². The Bertz CT molecular complexity index is 757. The van der Waals surface area contributed by atoms with Crippen molar-refractivity contribution >= 4 is 5.91 Å². The van der Waals surface area contributed by atoms with E-state index in [1.807, 2.05) is 4.90 Å². The topological polar surface area (TPSA) is 56.6 Å². The van der Waals surface area contributed by atoms with Crippen molar-refractivity contribution in [2.75, 3.05) is 19.7 Å². The maximum atomic E-state index is 13.2. The largest absolute Gasteiger partial charge is 0.487 e. The van der Waals surface area contributed by atoms with Gasteiger partial charge in [0.2, 0.25) is 0 Å². The van der Waals surface area contributed by atoms with Crippen LogP contribution in [0.25, 0.3) is 0 Å². The van der Waals surface area contributed by atoms with Crippen LogP contribution in [0.5, 0.6) is 5.75 Å². The molecule has 0 unspecified atom stereocenters. The fourth-order valence-electron chi connectivity index (χ4n) is 2.92. The van der Waals surface area contributed by atoms with Gasteiger partial charge in [-0.3, -0.25) is 9.48 Å². The summed E-state index contributed by atoms with van der Waals surface area (Å²) in [7, 11) is 0. The Hall–Kier alpha value is -2.41. The minimum atomic E-state index is -0.347. The number of amides is 1. The molecule has 0 radical (unpaired) electrons. The summed E-state index contributed by atoms with van der Waals surface area (Å²) in [5.74, 6) is 0.0676. The number of nitrogens with zero attached hydrogens (tertiary/aromatic N) is 3. The van der Waals surface area contributed by atoms with E-state index in [9.17, 15) is 9.18 Å². The van der Waals surface area contributed by atoms with Gasteiger partial charge in [-0.15, -0.1) is 0 Å². The van der Waals surface area contributed by atoms with E-state index >= 15 is 0 Å². The van der Waals surface area contributed by atoms with Crippen LogP contribution in [0.3, 0.4) is 0 Å². The van der Waals surface area contributed by atoms with Gasteiger partial charge in [-0.2, -0.15) is 5.10 Å². The molecule has 3 heterocycles. The molecule has 0 bridgehead atoms. The van der Waals surface area contributed by atoms with Crippen molar-refractivity contribution in [2.24, 2.45) is 0 Å². The fourth-order valence-corrected chi connectivity index (χ4v) is 2.92. The van der Waals surface area contributed by atoms with Gasteiger partial charge in [-0.05, 0) is 24.6 Å². The van der Waals surface area contributed by atoms with Crippen molar-refractivity contribution in [1.29, 1.82) is 0 Å². The molecule has 7 heteroatoms. The van der Waals surface area contributed by atoms with Crippen molar-refractivity contribution in [3.8, 4) is 5.75 Å². The molecule has 1 aromatic carbocycles. The van der Waals surface area contributed by atoms with Gasteiger partial charge < -0.3 is 14.4 Å². The third-order valence-electron chi connectivity index (χ3n) is 4.32. The highest BCUT2D eigenvalue weighted by Gasteiger charge is 2.30. The van der Waals surface area contributed by atoms with Crippen LogP contribution in [0.2, 0.25) is 0 Å². The number of hydrogen-bond acceptors (Lipinski definition) is 4. The Morgan fingerprint density at radius 1 is 1.33 bits per heavy atom. The molecule has 1 saturated heterocycles. The molecule has 1 fully saturated rings. The molecule has 0 spiro atoms. The predicted molar refractivity (Wildman–Crippen MR) is 83.2 cm³/mol. The van der Waals surface area contributed by atoms with Gasteiger partial charge in [0.25, 0.3) is 5.91 Å². The number of rotatable bonds is 5. The highest BCUT2D eigenvalue weighted by Crippen LogP contribution is 2.19. The van der Waals surface area contributed by atoms with Crippen LogP contribution in [-0.2, 0) is 17.9 Å². The zero-order chi connectivity index (χ0) is 16.5. The second kappa shape index (κ2) is 6.24. The average Bonchev–Trinajstić information content (AvgIpc) is 2.95. The van der Waals surface area contributed by atoms with E-state index in [2.05, 4.69) is 5.10 Å². The van der Waals surface area contributed by atoms with Crippen LogP contribution < -0.4 is 4.74 Å². The number of aromatic nitrogens is 2. The van der Waals surface area contributed by atoms with E-state index < -0.39 is 0 Å². The number of carbonyl (C=O) groups is 1. The van der Waals surface area contributed by atoms with Gasteiger partial charge in [0.05, 0.1) is 12.6 Å². The van der Waals surface area contributed by atoms with E-state index in [1.54, 1.807) is 22.9 Å². The lowest BCUT2D eigenvalue weighted by atomic mass is 10.1. The van der Waals surface area contributed by atoms with Gasteiger partial charge >= 0.3 is 0 Å². The molecule has 4 rings (SSSR count). The molecule has 1 atom stereocenters. The predicted octanol–water partition coefficient (Wildman–Crippen LogP) is 1.85. The fraction of sp³-hybridized carbons (Fsp3) is 0.412. The van der Waals surface area contributed by atoms with Crippen LogP contribution >= 0.6 is 0 Å². The van der Waals surface area contributed by atoms with Crippen LogP contribution in [0.1, 0.15) is 22.6 Å². The molecule has 1 amide bonds. The van der Waals surface area contributed by atoms with Crippen molar-refractivity contribution < 1.29 is 18.7 Å². The molecule has 2 aliphatic heterocycles. The smallest absolute Gasteiger partial charge is 0.272 e. The standard InChI is InChI=1S/C17H18FN3O3/c18-12-2-1-3-14(8-12)24-11-13-9-16-17(22)20(5-6-21(16)19-13)10-15-4-7-23-15/h1-3,8-9,15H,4-7,10-11H2/t15-/m1/s1. The summed E-state index contributed by atoms with van der Waals surface area (Å²) in [5, 5.41) is 4.41. The molecule has 126 valence electrons. The van der Waals surface area contributed by atoms with Gasteiger partial charge in [0, 0.05) is 25.8 Å². The molecule has 24 heavy (non-hydrogen) atoms. The summed E-state index contributed by atoms with van der Waals surface area (Å²) >= 11 is 0. The summed E-state index contributed by atoms with van der Waals surface area (Å²) < 4.78 is 25.8. The van der Waals surface area contributed by atoms with Crippen molar-refractivity contribution in [1.82, 2.24) is 14.7 Å². The molecule has 0 N–H and O–H groups in total. The van der Waals surface area contributed by atoms with Crippen molar-refractivity contribution in [3.63, 3.8) is 0 Å². The third kappa shape index (κ3) is 2.99. The first kappa shape index (κ1) is 15.1. The Balaban J connectivity index is 1.42. The zero-order valence-corrected chi connectivity index (χ0v) is 13.2. The second-order valence-electron chi connectivity index (χ2n) is 6.02. The summed E-state index contributed by atoms with van der Waals surface area (Å²) in [6, 6.07) is 7.70. The summed E-state index contributed by atoms with van der Waals surface area (Å²) in [5.41, 5.74) is 1.22. The minimum Gasteiger partial charge on any atom is -0.487 e. The highest BCUT2D eigenvalue weighted by atomic mass is 19.1. The third-order valence-corrected chi connectivity index (χ3v) is 4.32. The first-order valence-corrected chi connectivity index (χ1v) is 8.05. The lowest BCUT2D eigenvalue weighted by Crippen LogP contribution is -2.47. The molecule has 1 aromatic heterocycles. The van der Waals surface area contributed by atoms with Crippen molar-refractivity contribution in [2.45, 2.75) is 25.7 Å². The van der Waals surface area contributed by atoms with Crippen LogP contribution in [0.4, 0.5) is 4.39 Å². The van der Waals surface area contributed by atoms with Gasteiger partial charge in [-0.1, -0.05) is 6.07 Å². The first-order chi connectivity index (χ1) is 11.7. The Morgan fingerprint density at radius 3 is 2.96 bits per heavy atom. The maximum absolute atomic E-state index is 13.2. The molecular weight excluding hydrogens is 313 g/mol. The zero-order valence-electron chi connectivity index (χ0n) is 13.2. The van der Waals surface area contributed by atoms with E-state index in [0.29, 0.717) is 36.8 Å². The SMILES string of the molecule is O=C1c2cc(COc3cccc(F)c3)nn2CCN1C[C@H]1CCO1. The molecular formula is C17H18FN3O3. The first-order valence-electron chi connectivity index (χ1n) is 8.05. The monoisotopic (exact) mass is 331 g/mol. The van der Waals surface area contributed by atoms with E-state index in [-0.39, 0.29) is 24.4 Å². The average molecular weight is 331 g/mol. The van der Waals surface area contributed by atoms with Crippen LogP contribution in [-0.4, -0.2) is 46.4 Å². The Kier molecular flexibility index (Phi) is 3.93. The summed E-state index contributed by atoms with van der Waals surface area (Å²) in [6.07, 6.45) is 1.18. The normalized spacial score (nSPS) is 19.8. The van der Waals surface area contributed by atoms with E-state index in [4.69, 9.17) is 9.47 Å². The van der Waals surface area contributed by atoms with Crippen LogP contribution in [0, 0.1) is 5.82 Å². The van der Waals surface area contributed by atoms with Crippen molar-refractivity contribution in [3.05, 3.63) is 47.5 Å². The Morgan fingerprint density at radius 2 is 2.21 bits per heavy atom. The summed E-state index contributed by atoms with van der Waals surface area (Å²) in [4.78, 5) is 14.4. The lowest BCUT2D eigenvalue weighted by molar-refractivity contribution is -0.0640. The van der Waals surface area contributed by atoms with Gasteiger partial charge in [-0.25, -0.2) is 4.39 Å². The number of hydrogen-bond donors (Lipinski definition) is 0. The van der Waals surface area contributed by atoms with Crippen LogP contribution in [0.15, 0.2) is 30.3 Å². The highest BCUT2D eigenvalue weighted by molar-refractivity contribution is 5.93. The molecule has 6 nitrogen and oxygen atoms in total. The number of ether oxygens (including phenoxy) is 2. The molecule has 0 aliphatic carbocycles. The van der Waals surface area contributed by atoms with E-state index in [1.165, 1.54) is 12.1 Å². The molecule has 2 aromatic rings. The lowest BCUT2D eigenvalue weighted by Gasteiger charge is -2.34. The van der Waals surface area contributed by atoms with Gasteiger partial charge in [0.15, 0.2) is 0 Å². The second-order valence-corrected chi connectivity index (χ2v) is 6.02. The number of carbonyl (C=O) groups excluding carboxylic acids is 1. The quantitative estimate of drug-likeness (QED) is 0.839. The summed E-state index contributed by atoms with van der Waals surface area (Å²) in [6.45, 7) is 2.92. The number of halogens is 1. The molecule has 0 saturated carbocycles. The number of fused-ring (bicyclic) bond motifs is 1. The van der Waals surface area contributed by atoms with E-state index in [0.717, 1.165) is 13.0 Å². The maximum Gasteiger partial charge on any atom is 0.272 e. The number of benzene rings is 1. The minimum absolute atomic E-state index is 0.0266. The molecule has 2 aliphatic rings. The van der Waals surface area contributed by atoms with Gasteiger partial charge in [0.1, 0.15) is 29.6 Å².